The van der Waals surface area contributed by atoms with Gasteiger partial charge in [-0.25, -0.2) is 9.78 Å². The van der Waals surface area contributed by atoms with E-state index in [0.717, 1.165) is 54.3 Å². The smallest absolute Gasteiger partial charge is 0.416 e. The molecule has 1 aliphatic rings. The van der Waals surface area contributed by atoms with Crippen LogP contribution in [0.3, 0.4) is 0 Å². The Hall–Kier alpha value is -4.40. The topological polar surface area (TPSA) is 88.5 Å². The van der Waals surface area contributed by atoms with Crippen LogP contribution in [0.4, 0.5) is 13.2 Å². The summed E-state index contributed by atoms with van der Waals surface area (Å²) in [5.74, 6) is -0.0428. The molecule has 1 fully saturated rings. The average Bonchev–Trinajstić information content (AvgIpc) is 3.52. The highest BCUT2D eigenvalue weighted by Gasteiger charge is 2.30. The van der Waals surface area contributed by atoms with Gasteiger partial charge in [-0.05, 0) is 89.6 Å². The van der Waals surface area contributed by atoms with E-state index in [0.29, 0.717) is 29.4 Å². The number of carbonyl (C=O) groups is 2. The number of alkyl halides is 3. The molecule has 6 nitrogen and oxygen atoms in total. The second kappa shape index (κ2) is 13.5. The number of pyridine rings is 1. The van der Waals surface area contributed by atoms with Gasteiger partial charge in [-0.15, -0.1) is 0 Å². The molecule has 242 valence electrons. The summed E-state index contributed by atoms with van der Waals surface area (Å²) in [4.78, 5) is 30.2. The standard InChI is InChI=1S/C37H39F3N2O4/c1-36(2,3)26-14-17-28(18-15-26)46-29-16-11-25-21-33(41-32(30(25)22-29)20-24-6-4-5-7-24)34(43)42-31(35(44)45)19-10-23-8-12-27(13-9-23)37(38,39)40/h8-9,11-18,21-22,24,31H,4-7,10,19-20H2,1-3H3,(H,42,43)(H,44,45). The Morgan fingerprint density at radius 2 is 1.54 bits per heavy atom. The first-order valence-corrected chi connectivity index (χ1v) is 15.7. The first-order valence-electron chi connectivity index (χ1n) is 15.7. The molecule has 1 saturated carbocycles. The predicted molar refractivity (Wildman–Crippen MR) is 171 cm³/mol. The van der Waals surface area contributed by atoms with Crippen molar-refractivity contribution < 1.29 is 32.6 Å². The third-order valence-corrected chi connectivity index (χ3v) is 8.64. The van der Waals surface area contributed by atoms with E-state index in [1.165, 1.54) is 17.7 Å². The summed E-state index contributed by atoms with van der Waals surface area (Å²) in [6, 6.07) is 18.7. The van der Waals surface area contributed by atoms with Crippen molar-refractivity contribution in [3.8, 4) is 11.5 Å². The van der Waals surface area contributed by atoms with Crippen LogP contribution < -0.4 is 10.1 Å². The van der Waals surface area contributed by atoms with Gasteiger partial charge in [0.25, 0.3) is 5.91 Å². The minimum Gasteiger partial charge on any atom is -0.480 e. The maximum atomic E-state index is 13.4. The number of benzene rings is 3. The van der Waals surface area contributed by atoms with Gasteiger partial charge >= 0.3 is 12.1 Å². The summed E-state index contributed by atoms with van der Waals surface area (Å²) in [7, 11) is 0. The number of nitrogens with one attached hydrogen (secondary N) is 1. The van der Waals surface area contributed by atoms with Crippen molar-refractivity contribution in [2.45, 2.75) is 83.4 Å². The molecule has 0 radical (unpaired) electrons. The number of ether oxygens (including phenoxy) is 1. The number of hydrogen-bond donors (Lipinski definition) is 2. The molecule has 46 heavy (non-hydrogen) atoms. The number of aryl methyl sites for hydroxylation is 1. The normalized spacial score (nSPS) is 14.7. The second-order valence-corrected chi connectivity index (χ2v) is 13.2. The summed E-state index contributed by atoms with van der Waals surface area (Å²) in [5, 5.41) is 14.1. The van der Waals surface area contributed by atoms with Crippen molar-refractivity contribution in [1.29, 1.82) is 0 Å². The van der Waals surface area contributed by atoms with Crippen LogP contribution in [0.15, 0.2) is 72.8 Å². The number of fused-ring (bicyclic) bond motifs is 1. The van der Waals surface area contributed by atoms with Crippen molar-refractivity contribution in [3.63, 3.8) is 0 Å². The van der Waals surface area contributed by atoms with E-state index in [9.17, 15) is 27.9 Å². The molecule has 2 N–H and O–H groups in total. The SMILES string of the molecule is CC(C)(C)c1ccc(Oc2ccc3cc(C(=O)NC(CCc4ccc(C(F)(F)F)cc4)C(=O)O)nc(CC4CCCC4)c3c2)cc1. The number of hydrogen-bond acceptors (Lipinski definition) is 4. The fraction of sp³-hybridized carbons (Fsp3) is 0.378. The summed E-state index contributed by atoms with van der Waals surface area (Å²) < 4.78 is 44.9. The lowest BCUT2D eigenvalue weighted by atomic mass is 9.87. The van der Waals surface area contributed by atoms with E-state index in [4.69, 9.17) is 9.72 Å². The van der Waals surface area contributed by atoms with Gasteiger partial charge in [0.05, 0.1) is 5.56 Å². The Balaban J connectivity index is 1.35. The number of carbonyl (C=O) groups excluding carboxylic acids is 1. The molecule has 0 aliphatic heterocycles. The third-order valence-electron chi connectivity index (χ3n) is 8.64. The summed E-state index contributed by atoms with van der Waals surface area (Å²) in [6.45, 7) is 6.47. The first kappa shape index (κ1) is 33.0. The second-order valence-electron chi connectivity index (χ2n) is 13.2. The number of halogens is 3. The monoisotopic (exact) mass is 632 g/mol. The molecule has 0 spiro atoms. The fourth-order valence-corrected chi connectivity index (χ4v) is 5.94. The van der Waals surface area contributed by atoms with Crippen molar-refractivity contribution >= 4 is 22.6 Å². The highest BCUT2D eigenvalue weighted by Crippen LogP contribution is 2.34. The lowest BCUT2D eigenvalue weighted by Gasteiger charge is -2.19. The zero-order valence-corrected chi connectivity index (χ0v) is 26.3. The molecule has 1 aromatic heterocycles. The zero-order chi connectivity index (χ0) is 33.1. The van der Waals surface area contributed by atoms with E-state index in [-0.39, 0.29) is 24.0 Å². The molecule has 1 atom stereocenters. The van der Waals surface area contributed by atoms with E-state index in [2.05, 4.69) is 38.2 Å². The molecule has 1 unspecified atom stereocenters. The van der Waals surface area contributed by atoms with Crippen molar-refractivity contribution in [2.24, 2.45) is 5.92 Å². The van der Waals surface area contributed by atoms with Gasteiger partial charge in [0.2, 0.25) is 0 Å². The molecule has 4 aromatic rings. The lowest BCUT2D eigenvalue weighted by molar-refractivity contribution is -0.139. The van der Waals surface area contributed by atoms with Gasteiger partial charge in [0, 0.05) is 11.1 Å². The quantitative estimate of drug-likeness (QED) is 0.182. The van der Waals surface area contributed by atoms with Gasteiger partial charge in [-0.2, -0.15) is 13.2 Å². The minimum absolute atomic E-state index is 0.00633. The zero-order valence-electron chi connectivity index (χ0n) is 26.3. The molecular weight excluding hydrogens is 593 g/mol. The minimum atomic E-state index is -4.45. The van der Waals surface area contributed by atoms with Gasteiger partial charge in [0.15, 0.2) is 0 Å². The van der Waals surface area contributed by atoms with Crippen molar-refractivity contribution in [3.05, 3.63) is 101 Å². The Morgan fingerprint density at radius 3 is 2.15 bits per heavy atom. The van der Waals surface area contributed by atoms with E-state index in [1.807, 2.05) is 30.3 Å². The van der Waals surface area contributed by atoms with Gasteiger partial charge in [0.1, 0.15) is 23.2 Å². The Labute approximate surface area is 267 Å². The number of rotatable bonds is 10. The molecule has 9 heteroatoms. The number of nitrogens with zero attached hydrogens (tertiary/aromatic N) is 1. The number of carboxylic acids is 1. The van der Waals surface area contributed by atoms with Crippen LogP contribution in [0.25, 0.3) is 10.8 Å². The number of aliphatic carboxylic acids is 1. The molecule has 1 aliphatic carbocycles. The summed E-state index contributed by atoms with van der Waals surface area (Å²) in [6.07, 6.45) is 0.898. The van der Waals surface area contributed by atoms with E-state index in [1.54, 1.807) is 6.07 Å². The van der Waals surface area contributed by atoms with Crippen LogP contribution in [0, 0.1) is 5.92 Å². The van der Waals surface area contributed by atoms with Gasteiger partial charge in [-0.1, -0.05) is 76.8 Å². The van der Waals surface area contributed by atoms with Crippen molar-refractivity contribution in [1.82, 2.24) is 10.3 Å². The first-order chi connectivity index (χ1) is 21.8. The van der Waals surface area contributed by atoms with Crippen LogP contribution in [-0.4, -0.2) is 28.0 Å². The van der Waals surface area contributed by atoms with Crippen LogP contribution in [0.5, 0.6) is 11.5 Å². The highest BCUT2D eigenvalue weighted by molar-refractivity contribution is 5.99. The molecular formula is C37H39F3N2O4. The fourth-order valence-electron chi connectivity index (χ4n) is 5.94. The van der Waals surface area contributed by atoms with E-state index < -0.39 is 29.7 Å². The van der Waals surface area contributed by atoms with Crippen LogP contribution in [0.2, 0.25) is 0 Å². The average molecular weight is 633 g/mol. The molecule has 0 bridgehead atoms. The van der Waals surface area contributed by atoms with E-state index >= 15 is 0 Å². The maximum Gasteiger partial charge on any atom is 0.416 e. The lowest BCUT2D eigenvalue weighted by Crippen LogP contribution is -2.41. The largest absolute Gasteiger partial charge is 0.480 e. The molecule has 1 amide bonds. The summed E-state index contributed by atoms with van der Waals surface area (Å²) >= 11 is 0. The highest BCUT2D eigenvalue weighted by atomic mass is 19.4. The van der Waals surface area contributed by atoms with Crippen LogP contribution in [-0.2, 0) is 29.2 Å². The summed E-state index contributed by atoms with van der Waals surface area (Å²) in [5.41, 5.74) is 1.88. The predicted octanol–water partition coefficient (Wildman–Crippen LogP) is 8.89. The van der Waals surface area contributed by atoms with Crippen LogP contribution in [0.1, 0.15) is 85.7 Å². The molecule has 0 saturated heterocycles. The molecule has 3 aromatic carbocycles. The Bertz CT molecular complexity index is 1690. The van der Waals surface area contributed by atoms with Gasteiger partial charge < -0.3 is 15.2 Å². The molecule has 5 rings (SSSR count). The van der Waals surface area contributed by atoms with Gasteiger partial charge in [-0.3, -0.25) is 4.79 Å². The Kier molecular flexibility index (Phi) is 9.70. The van der Waals surface area contributed by atoms with Crippen LogP contribution >= 0.6 is 0 Å². The third kappa shape index (κ3) is 8.24. The Morgan fingerprint density at radius 1 is 0.913 bits per heavy atom. The number of aromatic nitrogens is 1. The number of amides is 1. The number of carboxylic acid groups (broad SMARTS) is 1. The van der Waals surface area contributed by atoms with Crippen molar-refractivity contribution in [2.75, 3.05) is 0 Å². The molecule has 1 heterocycles. The maximum absolute atomic E-state index is 13.4.